The predicted molar refractivity (Wildman–Crippen MR) is 78.8 cm³/mol. The Kier molecular flexibility index (Phi) is 4.32. The Morgan fingerprint density at radius 3 is 2.67 bits per heavy atom. The van der Waals surface area contributed by atoms with E-state index in [1.165, 1.54) is 0 Å². The normalized spacial score (nSPS) is 12.1. The maximum Gasteiger partial charge on any atom is 0.273 e. The van der Waals surface area contributed by atoms with Gasteiger partial charge in [0.15, 0.2) is 0 Å². The first kappa shape index (κ1) is 15.1. The second-order valence-electron chi connectivity index (χ2n) is 4.56. The number of nitrogens with two attached hydrogens (primary N) is 1. The number of hydrogen-bond donors (Lipinski definition) is 1. The second-order valence-corrected chi connectivity index (χ2v) is 5.98. The van der Waals surface area contributed by atoms with Gasteiger partial charge in [-0.05, 0) is 36.8 Å². The summed E-state index contributed by atoms with van der Waals surface area (Å²) in [5.41, 5.74) is 6.82. The zero-order valence-electron chi connectivity index (χ0n) is 11.2. The number of hydrogen-bond acceptors (Lipinski definition) is 4. The largest absolute Gasteiger partial charge is 0.398 e. The summed E-state index contributed by atoms with van der Waals surface area (Å²) in [5.74, 6) is -0.772. The maximum absolute atomic E-state index is 13.3. The summed E-state index contributed by atoms with van der Waals surface area (Å²) in [4.78, 5) is 10.7. The van der Waals surface area contributed by atoms with E-state index in [2.05, 4.69) is 0 Å². The van der Waals surface area contributed by atoms with Crippen molar-refractivity contribution in [2.45, 2.75) is 17.6 Å². The minimum absolute atomic E-state index is 0.0826. The van der Waals surface area contributed by atoms with Gasteiger partial charge in [-0.15, -0.1) is 0 Å². The van der Waals surface area contributed by atoms with Gasteiger partial charge in [-0.1, -0.05) is 6.07 Å². The Labute approximate surface area is 123 Å². The van der Waals surface area contributed by atoms with Crippen LogP contribution in [0.1, 0.15) is 11.1 Å². The Bertz CT molecular complexity index is 734. The third-order valence-electron chi connectivity index (χ3n) is 2.94. The van der Waals surface area contributed by atoms with E-state index in [9.17, 15) is 18.7 Å². The van der Waals surface area contributed by atoms with Gasteiger partial charge in [0, 0.05) is 17.3 Å². The average molecular weight is 308 g/mol. The van der Waals surface area contributed by atoms with Gasteiger partial charge in [-0.3, -0.25) is 14.3 Å². The van der Waals surface area contributed by atoms with Gasteiger partial charge in [-0.2, -0.15) is 0 Å². The zero-order chi connectivity index (χ0) is 15.6. The third-order valence-corrected chi connectivity index (χ3v) is 4.36. The Morgan fingerprint density at radius 1 is 1.29 bits per heavy atom. The van der Waals surface area contributed by atoms with Crippen LogP contribution in [-0.2, 0) is 16.6 Å². The topological polar surface area (TPSA) is 86.2 Å². The highest BCUT2D eigenvalue weighted by molar-refractivity contribution is 7.84. The van der Waals surface area contributed by atoms with E-state index in [0.717, 1.165) is 23.8 Å². The van der Waals surface area contributed by atoms with Crippen molar-refractivity contribution in [1.29, 1.82) is 0 Å². The average Bonchev–Trinajstić information content (AvgIpc) is 2.41. The SMILES string of the molecule is Cc1ccc(N)c(S(=O)Cc2cc(F)ccc2[N+](=O)[O-])c1. The molecule has 7 heteroatoms. The summed E-state index contributed by atoms with van der Waals surface area (Å²) in [6, 6.07) is 8.18. The summed E-state index contributed by atoms with van der Waals surface area (Å²) in [6.45, 7) is 1.82. The van der Waals surface area contributed by atoms with Crippen LogP contribution in [0.5, 0.6) is 0 Å². The molecular weight excluding hydrogens is 295 g/mol. The van der Waals surface area contributed by atoms with Crippen LogP contribution in [0.2, 0.25) is 0 Å². The van der Waals surface area contributed by atoms with E-state index in [4.69, 9.17) is 5.73 Å². The van der Waals surface area contributed by atoms with E-state index in [-0.39, 0.29) is 17.0 Å². The van der Waals surface area contributed by atoms with Crippen LogP contribution >= 0.6 is 0 Å². The number of nitro groups is 1. The molecule has 0 aliphatic heterocycles. The van der Waals surface area contributed by atoms with Crippen molar-refractivity contribution in [3.8, 4) is 0 Å². The minimum Gasteiger partial charge on any atom is -0.398 e. The first-order valence-corrected chi connectivity index (χ1v) is 7.37. The molecule has 21 heavy (non-hydrogen) atoms. The molecule has 0 aromatic heterocycles. The Morgan fingerprint density at radius 2 is 2.00 bits per heavy atom. The Hall–Kier alpha value is -2.28. The number of aryl methyl sites for hydroxylation is 1. The highest BCUT2D eigenvalue weighted by atomic mass is 32.2. The summed E-state index contributed by atoms with van der Waals surface area (Å²) in [5, 5.41) is 10.9. The molecule has 0 saturated heterocycles. The van der Waals surface area contributed by atoms with Crippen LogP contribution in [0.25, 0.3) is 0 Å². The number of nitrogen functional groups attached to an aromatic ring is 1. The van der Waals surface area contributed by atoms with Crippen LogP contribution in [0.3, 0.4) is 0 Å². The van der Waals surface area contributed by atoms with Crippen molar-refractivity contribution >= 4 is 22.2 Å². The second kappa shape index (κ2) is 6.01. The molecule has 0 saturated carbocycles. The van der Waals surface area contributed by atoms with Gasteiger partial charge in [-0.25, -0.2) is 4.39 Å². The van der Waals surface area contributed by atoms with Crippen LogP contribution < -0.4 is 5.73 Å². The number of halogens is 1. The van der Waals surface area contributed by atoms with Crippen LogP contribution in [-0.4, -0.2) is 9.13 Å². The van der Waals surface area contributed by atoms with E-state index in [1.807, 2.05) is 6.92 Å². The molecule has 1 unspecified atom stereocenters. The van der Waals surface area contributed by atoms with Crippen molar-refractivity contribution in [2.75, 3.05) is 5.73 Å². The molecule has 0 amide bonds. The van der Waals surface area contributed by atoms with Crippen molar-refractivity contribution in [3.63, 3.8) is 0 Å². The summed E-state index contributed by atoms with van der Waals surface area (Å²) < 4.78 is 25.6. The molecule has 5 nitrogen and oxygen atoms in total. The molecule has 2 rings (SSSR count). The van der Waals surface area contributed by atoms with E-state index < -0.39 is 21.5 Å². The van der Waals surface area contributed by atoms with Crippen LogP contribution in [0.15, 0.2) is 41.3 Å². The number of anilines is 1. The molecule has 0 bridgehead atoms. The zero-order valence-corrected chi connectivity index (χ0v) is 12.0. The van der Waals surface area contributed by atoms with E-state index in [0.29, 0.717) is 10.6 Å². The van der Waals surface area contributed by atoms with Gasteiger partial charge < -0.3 is 5.73 Å². The van der Waals surface area contributed by atoms with Gasteiger partial charge in [0.1, 0.15) is 5.82 Å². The van der Waals surface area contributed by atoms with Gasteiger partial charge in [0.25, 0.3) is 5.69 Å². The molecule has 0 radical (unpaired) electrons. The molecule has 0 aliphatic rings. The molecular formula is C14H13FN2O3S. The van der Waals surface area contributed by atoms with Gasteiger partial charge >= 0.3 is 0 Å². The predicted octanol–water partition coefficient (Wildman–Crippen LogP) is 2.93. The standard InChI is InChI=1S/C14H13FN2O3S/c1-9-2-4-12(16)14(6-9)21(20)8-10-7-11(15)3-5-13(10)17(18)19/h2-7H,8,16H2,1H3. The fraction of sp³-hybridized carbons (Fsp3) is 0.143. The van der Waals surface area contributed by atoms with Gasteiger partial charge in [0.05, 0.1) is 26.4 Å². The summed E-state index contributed by atoms with van der Waals surface area (Å²) in [7, 11) is -1.59. The van der Waals surface area contributed by atoms with Crippen LogP contribution in [0.4, 0.5) is 15.8 Å². The third kappa shape index (κ3) is 3.43. The van der Waals surface area contributed by atoms with Crippen molar-refractivity contribution in [3.05, 3.63) is 63.5 Å². The van der Waals surface area contributed by atoms with Crippen molar-refractivity contribution < 1.29 is 13.5 Å². The quantitative estimate of drug-likeness (QED) is 0.534. The molecule has 0 spiro atoms. The highest BCUT2D eigenvalue weighted by Crippen LogP contribution is 2.25. The molecule has 110 valence electrons. The summed E-state index contributed by atoms with van der Waals surface area (Å²) in [6.07, 6.45) is 0. The smallest absolute Gasteiger partial charge is 0.273 e. The fourth-order valence-corrected chi connectivity index (χ4v) is 3.22. The van der Waals surface area contributed by atoms with E-state index >= 15 is 0 Å². The molecule has 0 heterocycles. The number of rotatable bonds is 4. The lowest BCUT2D eigenvalue weighted by Gasteiger charge is -2.07. The first-order chi connectivity index (χ1) is 9.88. The lowest BCUT2D eigenvalue weighted by molar-refractivity contribution is -0.385. The molecule has 2 aromatic carbocycles. The monoisotopic (exact) mass is 308 g/mol. The highest BCUT2D eigenvalue weighted by Gasteiger charge is 2.18. The summed E-state index contributed by atoms with van der Waals surface area (Å²) >= 11 is 0. The lowest BCUT2D eigenvalue weighted by atomic mass is 10.2. The first-order valence-electron chi connectivity index (χ1n) is 6.06. The van der Waals surface area contributed by atoms with Crippen molar-refractivity contribution in [1.82, 2.24) is 0 Å². The fourth-order valence-electron chi connectivity index (χ4n) is 1.91. The van der Waals surface area contributed by atoms with Crippen molar-refractivity contribution in [2.24, 2.45) is 0 Å². The lowest BCUT2D eigenvalue weighted by Crippen LogP contribution is -2.04. The van der Waals surface area contributed by atoms with E-state index in [1.54, 1.807) is 18.2 Å². The minimum atomic E-state index is -1.59. The molecule has 2 aromatic rings. The van der Waals surface area contributed by atoms with Gasteiger partial charge in [0.2, 0.25) is 0 Å². The number of nitrogens with zero attached hydrogens (tertiary/aromatic N) is 1. The number of nitro benzene ring substituents is 1. The molecule has 2 N–H and O–H groups in total. The molecule has 0 fully saturated rings. The Balaban J connectivity index is 2.38. The molecule has 0 aliphatic carbocycles. The molecule has 1 atom stereocenters. The van der Waals surface area contributed by atoms with Crippen LogP contribution in [0, 0.1) is 22.9 Å². The number of benzene rings is 2. The maximum atomic E-state index is 13.3.